The Morgan fingerprint density at radius 3 is 2.60 bits per heavy atom. The van der Waals surface area contributed by atoms with Gasteiger partial charge in [0.15, 0.2) is 0 Å². The molecule has 0 aliphatic carbocycles. The third kappa shape index (κ3) is 1.27. The van der Waals surface area contributed by atoms with E-state index in [-0.39, 0.29) is 5.82 Å². The van der Waals surface area contributed by atoms with Crippen molar-refractivity contribution in [3.8, 4) is 0 Å². The number of nitrogens with two attached hydrogens (primary N) is 1. The van der Waals surface area contributed by atoms with Gasteiger partial charge in [-0.3, -0.25) is 0 Å². The highest BCUT2D eigenvalue weighted by molar-refractivity contribution is 7.28. The maximum atomic E-state index is 12.7. The Morgan fingerprint density at radius 2 is 2.10 bits per heavy atom. The highest BCUT2D eigenvalue weighted by atomic mass is 31.0. The predicted molar refractivity (Wildman–Crippen MR) is 44.9 cm³/mol. The van der Waals surface area contributed by atoms with Gasteiger partial charge in [0.05, 0.1) is 0 Å². The first-order valence-corrected chi connectivity index (χ1v) is 3.50. The van der Waals surface area contributed by atoms with Gasteiger partial charge in [0, 0.05) is 5.69 Å². The zero-order valence-corrected chi connectivity index (χ0v) is 6.84. The number of rotatable bonds is 0. The summed E-state index contributed by atoms with van der Waals surface area (Å²) in [7, 11) is 2.45. The lowest BCUT2D eigenvalue weighted by atomic mass is 10.2. The van der Waals surface area contributed by atoms with Crippen LogP contribution in [0.25, 0.3) is 0 Å². The third-order valence-corrected chi connectivity index (χ3v) is 1.86. The Morgan fingerprint density at radius 1 is 1.50 bits per heavy atom. The van der Waals surface area contributed by atoms with Crippen molar-refractivity contribution in [2.75, 3.05) is 5.73 Å². The Balaban J connectivity index is 3.28. The van der Waals surface area contributed by atoms with Crippen LogP contribution in [0, 0.1) is 12.7 Å². The molecule has 10 heavy (non-hydrogen) atoms. The molecule has 1 unspecified atom stereocenters. The van der Waals surface area contributed by atoms with Gasteiger partial charge in [-0.1, -0.05) is 0 Å². The predicted octanol–water partition coefficient (Wildman–Crippen LogP) is 1.22. The summed E-state index contributed by atoms with van der Waals surface area (Å²) in [6.07, 6.45) is 0. The first-order chi connectivity index (χ1) is 4.61. The largest absolute Gasteiger partial charge is 0.398 e. The number of nitrogen functional groups attached to an aromatic ring is 1. The topological polar surface area (TPSA) is 26.0 Å². The molecule has 0 aromatic heterocycles. The lowest BCUT2D eigenvalue weighted by Crippen LogP contribution is -2.03. The highest BCUT2D eigenvalue weighted by Crippen LogP contribution is 2.10. The summed E-state index contributed by atoms with van der Waals surface area (Å²) in [5.74, 6) is -0.247. The second-order valence-electron chi connectivity index (χ2n) is 2.23. The van der Waals surface area contributed by atoms with E-state index in [2.05, 4.69) is 9.24 Å². The summed E-state index contributed by atoms with van der Waals surface area (Å²) in [5, 5.41) is 0.846. The minimum absolute atomic E-state index is 0.247. The molecular formula is C7H9FNP. The van der Waals surface area contributed by atoms with E-state index in [4.69, 9.17) is 5.73 Å². The molecule has 1 atom stereocenters. The van der Waals surface area contributed by atoms with E-state index in [1.54, 1.807) is 13.0 Å². The second-order valence-corrected chi connectivity index (χ2v) is 2.85. The molecule has 54 valence electrons. The van der Waals surface area contributed by atoms with E-state index < -0.39 is 0 Å². The zero-order valence-electron chi connectivity index (χ0n) is 5.69. The Hall–Kier alpha value is -0.620. The quantitative estimate of drug-likeness (QED) is 0.444. The van der Waals surface area contributed by atoms with E-state index in [0.717, 1.165) is 5.30 Å². The molecule has 3 heteroatoms. The molecule has 0 spiro atoms. The third-order valence-electron chi connectivity index (χ3n) is 1.36. The van der Waals surface area contributed by atoms with Crippen molar-refractivity contribution < 1.29 is 4.39 Å². The van der Waals surface area contributed by atoms with Crippen LogP contribution < -0.4 is 11.0 Å². The van der Waals surface area contributed by atoms with Crippen molar-refractivity contribution in [3.63, 3.8) is 0 Å². The van der Waals surface area contributed by atoms with E-state index >= 15 is 0 Å². The molecule has 0 heterocycles. The van der Waals surface area contributed by atoms with Crippen molar-refractivity contribution in [2.24, 2.45) is 0 Å². The fraction of sp³-hybridized carbons (Fsp3) is 0.143. The molecule has 0 bridgehead atoms. The first kappa shape index (κ1) is 7.49. The van der Waals surface area contributed by atoms with Crippen molar-refractivity contribution in [1.82, 2.24) is 0 Å². The van der Waals surface area contributed by atoms with Crippen LogP contribution in [-0.2, 0) is 0 Å². The lowest BCUT2D eigenvalue weighted by molar-refractivity contribution is 0.619. The van der Waals surface area contributed by atoms with Crippen LogP contribution in [0.15, 0.2) is 12.1 Å². The first-order valence-electron chi connectivity index (χ1n) is 2.92. The van der Waals surface area contributed by atoms with Crippen LogP contribution in [0.5, 0.6) is 0 Å². The summed E-state index contributed by atoms with van der Waals surface area (Å²) >= 11 is 0. The second kappa shape index (κ2) is 2.55. The van der Waals surface area contributed by atoms with Crippen molar-refractivity contribution >= 4 is 20.2 Å². The van der Waals surface area contributed by atoms with Crippen LogP contribution in [0.4, 0.5) is 10.1 Å². The van der Waals surface area contributed by atoms with Crippen LogP contribution >= 0.6 is 9.24 Å². The highest BCUT2D eigenvalue weighted by Gasteiger charge is 1.99. The summed E-state index contributed by atoms with van der Waals surface area (Å²) < 4.78 is 12.7. The summed E-state index contributed by atoms with van der Waals surface area (Å²) in [6.45, 7) is 1.71. The normalized spacial score (nSPS) is 9.90. The number of hydrogen-bond acceptors (Lipinski definition) is 1. The number of anilines is 1. The average molecular weight is 157 g/mol. The smallest absolute Gasteiger partial charge is 0.128 e. The molecule has 2 N–H and O–H groups in total. The Bertz CT molecular complexity index is 210. The van der Waals surface area contributed by atoms with Gasteiger partial charge in [-0.25, -0.2) is 4.39 Å². The maximum Gasteiger partial charge on any atom is 0.128 e. The SMILES string of the molecule is Cc1cc(P)c(N)cc1F. The molecule has 0 aliphatic heterocycles. The molecule has 1 aromatic carbocycles. The van der Waals surface area contributed by atoms with Crippen molar-refractivity contribution in [1.29, 1.82) is 0 Å². The fourth-order valence-corrected chi connectivity index (χ4v) is 1.05. The van der Waals surface area contributed by atoms with Gasteiger partial charge in [0.2, 0.25) is 0 Å². The van der Waals surface area contributed by atoms with Gasteiger partial charge < -0.3 is 5.73 Å². The molecule has 0 radical (unpaired) electrons. The maximum absolute atomic E-state index is 12.7. The average Bonchev–Trinajstić information content (AvgIpc) is 1.84. The summed E-state index contributed by atoms with van der Waals surface area (Å²) in [4.78, 5) is 0. The molecule has 0 saturated carbocycles. The Labute approximate surface area is 61.6 Å². The monoisotopic (exact) mass is 157 g/mol. The van der Waals surface area contributed by atoms with Gasteiger partial charge >= 0.3 is 0 Å². The van der Waals surface area contributed by atoms with Gasteiger partial charge in [0.25, 0.3) is 0 Å². The van der Waals surface area contributed by atoms with Crippen molar-refractivity contribution in [3.05, 3.63) is 23.5 Å². The number of benzene rings is 1. The van der Waals surface area contributed by atoms with Gasteiger partial charge in [-0.2, -0.15) is 0 Å². The molecule has 1 aromatic rings. The molecule has 0 saturated heterocycles. The Kier molecular flexibility index (Phi) is 1.91. The van der Waals surface area contributed by atoms with E-state index in [1.165, 1.54) is 6.07 Å². The van der Waals surface area contributed by atoms with Gasteiger partial charge in [-0.15, -0.1) is 9.24 Å². The number of halogens is 1. The van der Waals surface area contributed by atoms with Gasteiger partial charge in [0.1, 0.15) is 5.82 Å². The standard InChI is InChI=1S/C7H9FNP/c1-4-2-7(10)6(9)3-5(4)8/h2-3H,9-10H2,1H3. The number of aryl methyl sites for hydroxylation is 1. The van der Waals surface area contributed by atoms with Crippen molar-refractivity contribution in [2.45, 2.75) is 6.92 Å². The molecule has 0 aliphatic rings. The van der Waals surface area contributed by atoms with Crippen LogP contribution in [-0.4, -0.2) is 0 Å². The minimum atomic E-state index is -0.247. The molecule has 0 amide bonds. The minimum Gasteiger partial charge on any atom is -0.398 e. The summed E-state index contributed by atoms with van der Waals surface area (Å²) in [6, 6.07) is 3.03. The zero-order chi connectivity index (χ0) is 7.72. The fourth-order valence-electron chi connectivity index (χ4n) is 0.719. The van der Waals surface area contributed by atoms with E-state index in [0.29, 0.717) is 11.3 Å². The van der Waals surface area contributed by atoms with E-state index in [1.807, 2.05) is 0 Å². The van der Waals surface area contributed by atoms with E-state index in [9.17, 15) is 4.39 Å². The molecule has 0 fully saturated rings. The molecule has 1 nitrogen and oxygen atoms in total. The number of hydrogen-bond donors (Lipinski definition) is 1. The van der Waals surface area contributed by atoms with Crippen LogP contribution in [0.1, 0.15) is 5.56 Å². The van der Waals surface area contributed by atoms with Crippen LogP contribution in [0.2, 0.25) is 0 Å². The summed E-state index contributed by atoms with van der Waals surface area (Å²) in [5.41, 5.74) is 6.53. The molecule has 1 rings (SSSR count). The van der Waals surface area contributed by atoms with Crippen LogP contribution in [0.3, 0.4) is 0 Å². The molecular weight excluding hydrogens is 148 g/mol. The lowest BCUT2D eigenvalue weighted by Gasteiger charge is -2.01. The van der Waals surface area contributed by atoms with Gasteiger partial charge in [-0.05, 0) is 29.9 Å².